The Bertz CT molecular complexity index is 531. The molecule has 6 heteroatoms. The fraction of sp³-hybridized carbons (Fsp3) is 0.583. The van der Waals surface area contributed by atoms with Gasteiger partial charge in [-0.15, -0.1) is 5.10 Å². The summed E-state index contributed by atoms with van der Waals surface area (Å²) in [5, 5.41) is 12.2. The molecular weight excluding hydrogens is 228 g/mol. The van der Waals surface area contributed by atoms with Crippen LogP contribution in [0.4, 0.5) is 5.82 Å². The van der Waals surface area contributed by atoms with Crippen LogP contribution in [-0.2, 0) is 25.4 Å². The van der Waals surface area contributed by atoms with Gasteiger partial charge in [0.25, 0.3) is 0 Å². The minimum absolute atomic E-state index is 0.0531. The van der Waals surface area contributed by atoms with E-state index >= 15 is 0 Å². The average molecular weight is 248 g/mol. The van der Waals surface area contributed by atoms with Gasteiger partial charge in [0, 0.05) is 25.2 Å². The second-order valence-electron chi connectivity index (χ2n) is 5.57. The maximum Gasteiger partial charge on any atom is 0.169 e. The van der Waals surface area contributed by atoms with Crippen molar-refractivity contribution in [3.8, 4) is 0 Å². The SMILES string of the molecule is Cn1cc(CCn2nnc(N)c2C(C)(C)C)cn1. The molecule has 6 nitrogen and oxygen atoms in total. The van der Waals surface area contributed by atoms with Crippen LogP contribution in [0.25, 0.3) is 0 Å². The molecule has 0 saturated carbocycles. The summed E-state index contributed by atoms with van der Waals surface area (Å²) in [4.78, 5) is 0. The zero-order valence-electron chi connectivity index (χ0n) is 11.4. The summed E-state index contributed by atoms with van der Waals surface area (Å²) >= 11 is 0. The first-order chi connectivity index (χ1) is 8.38. The summed E-state index contributed by atoms with van der Waals surface area (Å²) in [6, 6.07) is 0. The zero-order chi connectivity index (χ0) is 13.3. The van der Waals surface area contributed by atoms with E-state index < -0.39 is 0 Å². The van der Waals surface area contributed by atoms with Gasteiger partial charge in [-0.1, -0.05) is 26.0 Å². The van der Waals surface area contributed by atoms with E-state index in [4.69, 9.17) is 5.73 Å². The fourth-order valence-corrected chi connectivity index (χ4v) is 2.09. The first-order valence-electron chi connectivity index (χ1n) is 6.05. The van der Waals surface area contributed by atoms with E-state index in [0.717, 1.165) is 18.7 Å². The van der Waals surface area contributed by atoms with Crippen molar-refractivity contribution in [2.75, 3.05) is 5.73 Å². The molecule has 2 heterocycles. The molecule has 0 fully saturated rings. The topological polar surface area (TPSA) is 74.5 Å². The van der Waals surface area contributed by atoms with Crippen molar-refractivity contribution in [1.82, 2.24) is 24.8 Å². The van der Waals surface area contributed by atoms with Crippen LogP contribution in [0.1, 0.15) is 32.0 Å². The van der Waals surface area contributed by atoms with Crippen LogP contribution in [0.3, 0.4) is 0 Å². The molecule has 98 valence electrons. The normalized spacial score (nSPS) is 12.0. The van der Waals surface area contributed by atoms with Crippen LogP contribution >= 0.6 is 0 Å². The maximum absolute atomic E-state index is 5.89. The minimum atomic E-state index is -0.0531. The lowest BCUT2D eigenvalue weighted by molar-refractivity contribution is 0.481. The number of nitrogens with two attached hydrogens (primary N) is 1. The van der Waals surface area contributed by atoms with Crippen molar-refractivity contribution in [1.29, 1.82) is 0 Å². The molecule has 0 spiro atoms. The Morgan fingerprint density at radius 3 is 2.61 bits per heavy atom. The van der Waals surface area contributed by atoms with E-state index in [9.17, 15) is 0 Å². The Morgan fingerprint density at radius 2 is 2.06 bits per heavy atom. The lowest BCUT2D eigenvalue weighted by atomic mass is 9.92. The number of nitrogens with zero attached hydrogens (tertiary/aromatic N) is 5. The van der Waals surface area contributed by atoms with Gasteiger partial charge >= 0.3 is 0 Å². The van der Waals surface area contributed by atoms with Crippen molar-refractivity contribution < 1.29 is 0 Å². The average Bonchev–Trinajstić information content (AvgIpc) is 2.81. The number of nitrogen functional groups attached to an aromatic ring is 1. The van der Waals surface area contributed by atoms with E-state index in [1.165, 1.54) is 5.56 Å². The van der Waals surface area contributed by atoms with Gasteiger partial charge < -0.3 is 5.73 Å². The summed E-state index contributed by atoms with van der Waals surface area (Å²) in [7, 11) is 1.91. The maximum atomic E-state index is 5.89. The molecule has 0 bridgehead atoms. The molecule has 2 rings (SSSR count). The highest BCUT2D eigenvalue weighted by molar-refractivity contribution is 5.37. The van der Waals surface area contributed by atoms with Gasteiger partial charge in [0.1, 0.15) is 0 Å². The summed E-state index contributed by atoms with van der Waals surface area (Å²) in [6.45, 7) is 7.11. The van der Waals surface area contributed by atoms with Crippen molar-refractivity contribution in [3.63, 3.8) is 0 Å². The van der Waals surface area contributed by atoms with Crippen LogP contribution in [0.15, 0.2) is 12.4 Å². The van der Waals surface area contributed by atoms with E-state index in [0.29, 0.717) is 5.82 Å². The molecule has 0 aliphatic heterocycles. The predicted octanol–water partition coefficient (Wildman–Crippen LogP) is 1.13. The summed E-state index contributed by atoms with van der Waals surface area (Å²) in [6.07, 6.45) is 4.76. The van der Waals surface area contributed by atoms with E-state index in [-0.39, 0.29) is 5.41 Å². The summed E-state index contributed by atoms with van der Waals surface area (Å²) < 4.78 is 3.69. The molecule has 0 saturated heterocycles. The smallest absolute Gasteiger partial charge is 0.169 e. The molecule has 2 aromatic rings. The number of anilines is 1. The Balaban J connectivity index is 2.15. The lowest BCUT2D eigenvalue weighted by Gasteiger charge is -2.19. The van der Waals surface area contributed by atoms with Crippen molar-refractivity contribution in [2.45, 2.75) is 39.2 Å². The standard InChI is InChI=1S/C12H20N6/c1-12(2,3)10-11(13)15-16-18(10)6-5-9-7-14-17(4)8-9/h7-8H,5-6,13H2,1-4H3. The van der Waals surface area contributed by atoms with Crippen molar-refractivity contribution >= 4 is 5.82 Å². The molecule has 0 aliphatic rings. The van der Waals surface area contributed by atoms with Crippen LogP contribution < -0.4 is 5.73 Å². The third kappa shape index (κ3) is 2.52. The summed E-state index contributed by atoms with van der Waals surface area (Å²) in [5.74, 6) is 0.522. The van der Waals surface area contributed by atoms with Gasteiger partial charge in [-0.2, -0.15) is 5.10 Å². The van der Waals surface area contributed by atoms with Gasteiger partial charge in [-0.25, -0.2) is 4.68 Å². The second kappa shape index (κ2) is 4.44. The number of hydrogen-bond donors (Lipinski definition) is 1. The van der Waals surface area contributed by atoms with E-state index in [1.54, 1.807) is 4.68 Å². The number of hydrogen-bond acceptors (Lipinski definition) is 4. The van der Waals surface area contributed by atoms with Crippen molar-refractivity contribution in [3.05, 3.63) is 23.7 Å². The number of aromatic nitrogens is 5. The van der Waals surface area contributed by atoms with Gasteiger partial charge in [0.15, 0.2) is 5.82 Å². The number of aryl methyl sites for hydroxylation is 3. The van der Waals surface area contributed by atoms with Crippen LogP contribution in [0.2, 0.25) is 0 Å². The number of rotatable bonds is 3. The molecule has 0 unspecified atom stereocenters. The molecule has 0 radical (unpaired) electrons. The van der Waals surface area contributed by atoms with Gasteiger partial charge in [0.05, 0.1) is 11.9 Å². The molecule has 0 aromatic carbocycles. The van der Waals surface area contributed by atoms with Gasteiger partial charge in [0.2, 0.25) is 0 Å². The first-order valence-corrected chi connectivity index (χ1v) is 6.05. The zero-order valence-corrected chi connectivity index (χ0v) is 11.4. The van der Waals surface area contributed by atoms with Crippen LogP contribution in [0.5, 0.6) is 0 Å². The Labute approximate surface area is 107 Å². The highest BCUT2D eigenvalue weighted by Gasteiger charge is 2.23. The molecular formula is C12H20N6. The van der Waals surface area contributed by atoms with Crippen LogP contribution in [-0.4, -0.2) is 24.8 Å². The third-order valence-electron chi connectivity index (χ3n) is 2.84. The molecule has 2 aromatic heterocycles. The quantitative estimate of drug-likeness (QED) is 0.883. The highest BCUT2D eigenvalue weighted by atomic mass is 15.4. The summed E-state index contributed by atoms with van der Waals surface area (Å²) in [5.41, 5.74) is 8.02. The first kappa shape index (κ1) is 12.6. The third-order valence-corrected chi connectivity index (χ3v) is 2.84. The van der Waals surface area contributed by atoms with Gasteiger partial charge in [-0.3, -0.25) is 4.68 Å². The fourth-order valence-electron chi connectivity index (χ4n) is 2.09. The predicted molar refractivity (Wildman–Crippen MR) is 70.0 cm³/mol. The largest absolute Gasteiger partial charge is 0.381 e. The Kier molecular flexibility index (Phi) is 3.11. The minimum Gasteiger partial charge on any atom is -0.381 e. The molecule has 2 N–H and O–H groups in total. The molecule has 0 amide bonds. The van der Waals surface area contributed by atoms with Crippen LogP contribution in [0, 0.1) is 0 Å². The van der Waals surface area contributed by atoms with Gasteiger partial charge in [-0.05, 0) is 12.0 Å². The molecule has 0 aliphatic carbocycles. The highest BCUT2D eigenvalue weighted by Crippen LogP contribution is 2.25. The lowest BCUT2D eigenvalue weighted by Crippen LogP contribution is -2.20. The monoisotopic (exact) mass is 248 g/mol. The van der Waals surface area contributed by atoms with Crippen molar-refractivity contribution in [2.24, 2.45) is 7.05 Å². The molecule has 0 atom stereocenters. The molecule has 18 heavy (non-hydrogen) atoms. The van der Waals surface area contributed by atoms with E-state index in [2.05, 4.69) is 36.2 Å². The Hall–Kier alpha value is -1.85. The Morgan fingerprint density at radius 1 is 1.33 bits per heavy atom. The van der Waals surface area contributed by atoms with E-state index in [1.807, 2.05) is 24.1 Å². The second-order valence-corrected chi connectivity index (χ2v) is 5.57.